The largest absolute Gasteiger partial charge is 1.00 e. The van der Waals surface area contributed by atoms with E-state index in [2.05, 4.69) is 0 Å². The fraction of sp³-hybridized carbons (Fsp3) is 1.00. The maximum Gasteiger partial charge on any atom is 1.00 e. The summed E-state index contributed by atoms with van der Waals surface area (Å²) in [7, 11) is 0. The summed E-state index contributed by atoms with van der Waals surface area (Å²) >= 11 is 0. The van der Waals surface area contributed by atoms with Gasteiger partial charge in [-0.1, -0.05) is 19.3 Å². The number of rotatable bonds is 1. The molecule has 2 N–H and O–H groups in total. The zero-order valence-corrected chi connectivity index (χ0v) is 9.81. The van der Waals surface area contributed by atoms with Crippen molar-refractivity contribution < 1.29 is 56.5 Å². The second kappa shape index (κ2) is 5.25. The Kier molecular flexibility index (Phi) is 6.06. The SMILES string of the molecule is [K+].[NH-]CC1(O)CCCCC1. The molecule has 0 atom stereocenters. The molecule has 1 aliphatic rings. The molecule has 0 unspecified atom stereocenters. The first kappa shape index (κ1) is 11.6. The van der Waals surface area contributed by atoms with E-state index < -0.39 is 5.60 Å². The molecule has 10 heavy (non-hydrogen) atoms. The van der Waals surface area contributed by atoms with Gasteiger partial charge < -0.3 is 10.8 Å². The molecular weight excluding hydrogens is 153 g/mol. The second-order valence-electron chi connectivity index (χ2n) is 2.96. The van der Waals surface area contributed by atoms with Crippen molar-refractivity contribution in [1.29, 1.82) is 0 Å². The molecule has 0 aromatic heterocycles. The van der Waals surface area contributed by atoms with Gasteiger partial charge in [-0.05, 0) is 12.8 Å². The summed E-state index contributed by atoms with van der Waals surface area (Å²) in [4.78, 5) is 0. The van der Waals surface area contributed by atoms with Gasteiger partial charge in [0.15, 0.2) is 0 Å². The van der Waals surface area contributed by atoms with Crippen LogP contribution in [0.4, 0.5) is 0 Å². The Labute approximate surface area is 105 Å². The van der Waals surface area contributed by atoms with Crippen LogP contribution >= 0.6 is 0 Å². The van der Waals surface area contributed by atoms with E-state index in [-0.39, 0.29) is 57.9 Å². The van der Waals surface area contributed by atoms with Crippen LogP contribution in [0.3, 0.4) is 0 Å². The fourth-order valence-electron chi connectivity index (χ4n) is 1.39. The quantitative estimate of drug-likeness (QED) is 0.487. The van der Waals surface area contributed by atoms with Crippen molar-refractivity contribution in [2.45, 2.75) is 37.7 Å². The fourth-order valence-corrected chi connectivity index (χ4v) is 1.39. The van der Waals surface area contributed by atoms with Gasteiger partial charge in [0.1, 0.15) is 0 Å². The molecule has 1 rings (SSSR count). The van der Waals surface area contributed by atoms with E-state index in [1.807, 2.05) is 0 Å². The first-order valence-electron chi connectivity index (χ1n) is 3.64. The third kappa shape index (κ3) is 3.30. The number of nitrogens with one attached hydrogen (secondary N) is 1. The molecular formula is C7H14KNO. The van der Waals surface area contributed by atoms with Crippen molar-refractivity contribution in [2.24, 2.45) is 0 Å². The molecule has 0 aromatic carbocycles. The Balaban J connectivity index is 0.000000810. The predicted molar refractivity (Wildman–Crippen MR) is 37.2 cm³/mol. The van der Waals surface area contributed by atoms with Gasteiger partial charge in [0.25, 0.3) is 0 Å². The van der Waals surface area contributed by atoms with E-state index in [9.17, 15) is 5.11 Å². The molecule has 1 saturated carbocycles. The average Bonchev–Trinajstić information content (AvgIpc) is 1.90. The van der Waals surface area contributed by atoms with Crippen LogP contribution in [-0.4, -0.2) is 17.3 Å². The van der Waals surface area contributed by atoms with Crippen LogP contribution in [0.5, 0.6) is 0 Å². The Morgan fingerprint density at radius 1 is 1.20 bits per heavy atom. The van der Waals surface area contributed by atoms with E-state index in [4.69, 9.17) is 5.73 Å². The van der Waals surface area contributed by atoms with Crippen LogP contribution in [0.15, 0.2) is 0 Å². The zero-order chi connectivity index (χ0) is 6.74. The van der Waals surface area contributed by atoms with Crippen LogP contribution < -0.4 is 51.4 Å². The van der Waals surface area contributed by atoms with Crippen molar-refractivity contribution in [1.82, 2.24) is 0 Å². The van der Waals surface area contributed by atoms with Gasteiger partial charge in [-0.2, -0.15) is 0 Å². The third-order valence-electron chi connectivity index (χ3n) is 2.11. The van der Waals surface area contributed by atoms with Gasteiger partial charge in [0.2, 0.25) is 0 Å². The van der Waals surface area contributed by atoms with Gasteiger partial charge in [-0.15, -0.1) is 6.54 Å². The van der Waals surface area contributed by atoms with Crippen molar-refractivity contribution >= 4 is 0 Å². The molecule has 0 spiro atoms. The van der Waals surface area contributed by atoms with Gasteiger partial charge in [0, 0.05) is 5.60 Å². The minimum Gasteiger partial charge on any atom is -0.675 e. The molecule has 1 aliphatic carbocycles. The number of aliphatic hydroxyl groups is 1. The van der Waals surface area contributed by atoms with E-state index >= 15 is 0 Å². The summed E-state index contributed by atoms with van der Waals surface area (Å²) in [5.41, 5.74) is 6.43. The molecule has 0 amide bonds. The smallest absolute Gasteiger partial charge is 0.675 e. The summed E-state index contributed by atoms with van der Waals surface area (Å²) in [5.74, 6) is 0. The summed E-state index contributed by atoms with van der Waals surface area (Å²) in [5, 5.41) is 9.49. The predicted octanol–water partition coefficient (Wildman–Crippen LogP) is -1.26. The maximum absolute atomic E-state index is 9.49. The molecule has 1 fully saturated rings. The third-order valence-corrected chi connectivity index (χ3v) is 2.11. The van der Waals surface area contributed by atoms with Crippen molar-refractivity contribution in [3.63, 3.8) is 0 Å². The van der Waals surface area contributed by atoms with Crippen LogP contribution in [0.1, 0.15) is 32.1 Å². The normalized spacial score (nSPS) is 23.4. The minimum absolute atomic E-state index is 0. The van der Waals surface area contributed by atoms with E-state index in [0.29, 0.717) is 0 Å². The Morgan fingerprint density at radius 3 is 2.00 bits per heavy atom. The maximum atomic E-state index is 9.49. The zero-order valence-electron chi connectivity index (χ0n) is 6.69. The van der Waals surface area contributed by atoms with Gasteiger partial charge in [-0.25, -0.2) is 0 Å². The Morgan fingerprint density at radius 2 is 1.70 bits per heavy atom. The topological polar surface area (TPSA) is 44.0 Å². The first-order chi connectivity index (χ1) is 4.27. The molecule has 54 valence electrons. The van der Waals surface area contributed by atoms with E-state index in [1.165, 1.54) is 6.42 Å². The van der Waals surface area contributed by atoms with Crippen LogP contribution in [-0.2, 0) is 0 Å². The number of hydrogen-bond donors (Lipinski definition) is 1. The molecule has 2 nitrogen and oxygen atoms in total. The van der Waals surface area contributed by atoms with Gasteiger partial charge in [-0.3, -0.25) is 0 Å². The molecule has 0 radical (unpaired) electrons. The van der Waals surface area contributed by atoms with Crippen LogP contribution in [0, 0.1) is 0 Å². The standard InChI is InChI=1S/C7H14NO.K/c8-6-7(9)4-2-1-3-5-7;/h8-9H,1-6H2;/q-1;+1. The van der Waals surface area contributed by atoms with Gasteiger partial charge >= 0.3 is 51.4 Å². The molecule has 0 aromatic rings. The summed E-state index contributed by atoms with van der Waals surface area (Å²) in [6.07, 6.45) is 5.14. The van der Waals surface area contributed by atoms with E-state index in [0.717, 1.165) is 25.7 Å². The van der Waals surface area contributed by atoms with Crippen LogP contribution in [0.2, 0.25) is 0 Å². The molecule has 0 heterocycles. The molecule has 3 heteroatoms. The molecule has 0 aliphatic heterocycles. The van der Waals surface area contributed by atoms with Gasteiger partial charge in [0.05, 0.1) is 0 Å². The van der Waals surface area contributed by atoms with Crippen molar-refractivity contribution in [2.75, 3.05) is 6.54 Å². The first-order valence-corrected chi connectivity index (χ1v) is 3.64. The minimum atomic E-state index is -0.613. The molecule has 0 saturated heterocycles. The number of hydrogen-bond acceptors (Lipinski definition) is 1. The Bertz CT molecular complexity index is 91.6. The summed E-state index contributed by atoms with van der Waals surface area (Å²) in [6.45, 7) is 0.188. The van der Waals surface area contributed by atoms with Crippen LogP contribution in [0.25, 0.3) is 5.73 Å². The van der Waals surface area contributed by atoms with Crippen molar-refractivity contribution in [3.05, 3.63) is 5.73 Å². The second-order valence-corrected chi connectivity index (χ2v) is 2.96. The monoisotopic (exact) mass is 167 g/mol. The average molecular weight is 167 g/mol. The summed E-state index contributed by atoms with van der Waals surface area (Å²) < 4.78 is 0. The summed E-state index contributed by atoms with van der Waals surface area (Å²) in [6, 6.07) is 0. The Hall–Kier alpha value is 1.56. The molecule has 0 bridgehead atoms. The van der Waals surface area contributed by atoms with E-state index in [1.54, 1.807) is 0 Å². The van der Waals surface area contributed by atoms with Crippen molar-refractivity contribution in [3.8, 4) is 0 Å².